The molecule has 22 heavy (non-hydrogen) atoms. The van der Waals surface area contributed by atoms with E-state index in [1.165, 1.54) is 0 Å². The molecule has 0 aromatic heterocycles. The minimum atomic E-state index is -1.50. The number of rotatable bonds is 1. The zero-order valence-electron chi connectivity index (χ0n) is 12.3. The highest BCUT2D eigenvalue weighted by atomic mass is 16.3. The fourth-order valence-electron chi connectivity index (χ4n) is 3.26. The number of fused-ring (bicyclic) bond motifs is 2. The number of aryl methyl sites for hydroxylation is 1. The Labute approximate surface area is 128 Å². The van der Waals surface area contributed by atoms with Gasteiger partial charge in [-0.3, -0.25) is 4.79 Å². The number of anilines is 1. The van der Waals surface area contributed by atoms with E-state index < -0.39 is 5.60 Å². The largest absolute Gasteiger partial charge is 0.374 e. The summed E-state index contributed by atoms with van der Waals surface area (Å²) in [5, 5.41) is 10.9. The van der Waals surface area contributed by atoms with Gasteiger partial charge in [-0.1, -0.05) is 30.3 Å². The summed E-state index contributed by atoms with van der Waals surface area (Å²) in [6, 6.07) is 15.3. The first-order valence-corrected chi connectivity index (χ1v) is 7.40. The molecule has 1 saturated heterocycles. The molecular weight excluding hydrogens is 276 g/mol. The summed E-state index contributed by atoms with van der Waals surface area (Å²) in [4.78, 5) is 19.4. The molecule has 0 saturated carbocycles. The molecule has 0 amide bonds. The lowest BCUT2D eigenvalue weighted by molar-refractivity contribution is 0.0602. The van der Waals surface area contributed by atoms with Crippen molar-refractivity contribution in [1.29, 1.82) is 0 Å². The van der Waals surface area contributed by atoms with E-state index in [1.807, 2.05) is 54.3 Å². The van der Waals surface area contributed by atoms with Crippen LogP contribution in [0.15, 0.2) is 53.5 Å². The highest BCUT2D eigenvalue weighted by molar-refractivity contribution is 6.28. The summed E-state index contributed by atoms with van der Waals surface area (Å²) in [5.41, 5.74) is 1.58. The van der Waals surface area contributed by atoms with Crippen molar-refractivity contribution in [3.05, 3.63) is 59.7 Å². The Bertz CT molecular complexity index is 798. The van der Waals surface area contributed by atoms with Crippen molar-refractivity contribution < 1.29 is 9.90 Å². The lowest BCUT2D eigenvalue weighted by atomic mass is 9.86. The summed E-state index contributed by atoms with van der Waals surface area (Å²) in [7, 11) is 0. The van der Waals surface area contributed by atoms with Crippen molar-refractivity contribution in [2.24, 2.45) is 4.99 Å². The predicted molar refractivity (Wildman–Crippen MR) is 86.0 cm³/mol. The van der Waals surface area contributed by atoms with Gasteiger partial charge in [-0.05, 0) is 30.7 Å². The van der Waals surface area contributed by atoms with Crippen LogP contribution in [0.4, 0.5) is 11.4 Å². The summed E-state index contributed by atoms with van der Waals surface area (Å²) >= 11 is 0. The average molecular weight is 292 g/mol. The second kappa shape index (κ2) is 4.52. The maximum absolute atomic E-state index is 12.8. The first kappa shape index (κ1) is 13.2. The first-order valence-electron chi connectivity index (χ1n) is 7.40. The molecule has 1 fully saturated rings. The highest BCUT2D eigenvalue weighted by Crippen LogP contribution is 2.40. The topological polar surface area (TPSA) is 52.9 Å². The monoisotopic (exact) mass is 292 g/mol. The van der Waals surface area contributed by atoms with Gasteiger partial charge in [0.2, 0.25) is 5.78 Å². The summed E-state index contributed by atoms with van der Waals surface area (Å²) in [6.45, 7) is 2.51. The fraction of sp³-hybridized carbons (Fsp3) is 0.222. The molecule has 1 atom stereocenters. The van der Waals surface area contributed by atoms with Gasteiger partial charge in [0.05, 0.1) is 5.69 Å². The van der Waals surface area contributed by atoms with Crippen molar-refractivity contribution in [1.82, 2.24) is 0 Å². The average Bonchev–Trinajstić information content (AvgIpc) is 2.88. The molecule has 0 radical (unpaired) electrons. The molecule has 2 aromatic rings. The lowest BCUT2D eigenvalue weighted by Crippen LogP contribution is -2.48. The van der Waals surface area contributed by atoms with E-state index in [2.05, 4.69) is 4.99 Å². The summed E-state index contributed by atoms with van der Waals surface area (Å²) < 4.78 is 0. The van der Waals surface area contributed by atoms with Crippen LogP contribution in [0.25, 0.3) is 0 Å². The van der Waals surface area contributed by atoms with E-state index in [1.54, 1.807) is 6.07 Å². The van der Waals surface area contributed by atoms with Gasteiger partial charge in [-0.2, -0.15) is 0 Å². The number of benzene rings is 2. The van der Waals surface area contributed by atoms with Gasteiger partial charge in [0, 0.05) is 24.2 Å². The molecule has 0 spiro atoms. The third kappa shape index (κ3) is 1.67. The maximum Gasteiger partial charge on any atom is 0.204 e. The number of hydrogen-bond acceptors (Lipinski definition) is 4. The molecule has 0 bridgehead atoms. The van der Waals surface area contributed by atoms with Gasteiger partial charge in [-0.15, -0.1) is 0 Å². The minimum Gasteiger partial charge on any atom is -0.374 e. The third-order valence-corrected chi connectivity index (χ3v) is 4.47. The number of aliphatic hydroxyl groups is 1. The number of hydrogen-bond donors (Lipinski definition) is 1. The van der Waals surface area contributed by atoms with Crippen LogP contribution in [0.1, 0.15) is 22.3 Å². The van der Waals surface area contributed by atoms with Crippen LogP contribution in [-0.4, -0.2) is 28.9 Å². The number of carbonyl (C=O) groups is 1. The van der Waals surface area contributed by atoms with Gasteiger partial charge >= 0.3 is 0 Å². The van der Waals surface area contributed by atoms with E-state index in [9.17, 15) is 9.90 Å². The molecule has 0 unspecified atom stereocenters. The number of aliphatic imine (C=N–C) groups is 1. The van der Waals surface area contributed by atoms with Crippen molar-refractivity contribution >= 4 is 23.0 Å². The van der Waals surface area contributed by atoms with Gasteiger partial charge in [0.1, 0.15) is 5.84 Å². The van der Waals surface area contributed by atoms with Crippen LogP contribution in [0, 0.1) is 6.92 Å². The van der Waals surface area contributed by atoms with E-state index in [-0.39, 0.29) is 5.78 Å². The fourth-order valence-corrected chi connectivity index (χ4v) is 3.26. The van der Waals surface area contributed by atoms with E-state index in [0.717, 1.165) is 11.3 Å². The number of ketones is 1. The van der Waals surface area contributed by atoms with Crippen LogP contribution in [-0.2, 0) is 0 Å². The van der Waals surface area contributed by atoms with Crippen LogP contribution >= 0.6 is 0 Å². The number of amidine groups is 1. The quantitative estimate of drug-likeness (QED) is 0.879. The highest BCUT2D eigenvalue weighted by Gasteiger charge is 2.52. The summed E-state index contributed by atoms with van der Waals surface area (Å²) in [6.07, 6.45) is 0.368. The van der Waals surface area contributed by atoms with Gasteiger partial charge in [0.15, 0.2) is 5.60 Å². The van der Waals surface area contributed by atoms with Crippen molar-refractivity contribution in [3.8, 4) is 0 Å². The lowest BCUT2D eigenvalue weighted by Gasteiger charge is -2.30. The number of para-hydroxylation sites is 2. The normalized spacial score (nSPS) is 23.1. The Morgan fingerprint density at radius 3 is 2.68 bits per heavy atom. The Hall–Kier alpha value is -2.46. The van der Waals surface area contributed by atoms with Crippen LogP contribution < -0.4 is 4.90 Å². The molecule has 2 aliphatic rings. The molecule has 110 valence electrons. The zero-order chi connectivity index (χ0) is 15.3. The predicted octanol–water partition coefficient (Wildman–Crippen LogP) is 2.86. The van der Waals surface area contributed by atoms with E-state index in [0.29, 0.717) is 30.1 Å². The van der Waals surface area contributed by atoms with Crippen molar-refractivity contribution in [3.63, 3.8) is 0 Å². The molecule has 2 aromatic carbocycles. The molecule has 0 aliphatic carbocycles. The smallest absolute Gasteiger partial charge is 0.204 e. The number of nitrogens with zero attached hydrogens (tertiary/aromatic N) is 2. The van der Waals surface area contributed by atoms with Crippen molar-refractivity contribution in [2.45, 2.75) is 18.9 Å². The standard InChI is InChI=1S/C18H16N2O2/c1-12-6-5-9-14-15(12)19-17-18(22,16(14)21)10-11-20(17)13-7-3-2-4-8-13/h2-9,22H,10-11H2,1H3/t18-/m1/s1. The van der Waals surface area contributed by atoms with Gasteiger partial charge in [0.25, 0.3) is 0 Å². The van der Waals surface area contributed by atoms with Crippen molar-refractivity contribution in [2.75, 3.05) is 11.4 Å². The minimum absolute atomic E-state index is 0.241. The second-order valence-electron chi connectivity index (χ2n) is 5.83. The molecule has 4 heteroatoms. The SMILES string of the molecule is Cc1cccc2c1N=C1N(c3ccccc3)CC[C@@]1(O)C2=O. The van der Waals surface area contributed by atoms with Crippen LogP contribution in [0.5, 0.6) is 0 Å². The van der Waals surface area contributed by atoms with Crippen LogP contribution in [0.3, 0.4) is 0 Å². The van der Waals surface area contributed by atoms with E-state index in [4.69, 9.17) is 0 Å². The number of carbonyl (C=O) groups excluding carboxylic acids is 1. The Morgan fingerprint density at radius 1 is 1.14 bits per heavy atom. The molecular formula is C18H16N2O2. The van der Waals surface area contributed by atoms with Gasteiger partial charge < -0.3 is 10.0 Å². The van der Waals surface area contributed by atoms with E-state index >= 15 is 0 Å². The maximum atomic E-state index is 12.8. The first-order chi connectivity index (χ1) is 10.6. The Balaban J connectivity index is 1.91. The molecule has 1 N–H and O–H groups in total. The second-order valence-corrected chi connectivity index (χ2v) is 5.83. The number of Topliss-reactive ketones (excluding diaryl/α,β-unsaturated/α-hetero) is 1. The molecule has 2 heterocycles. The van der Waals surface area contributed by atoms with Gasteiger partial charge in [-0.25, -0.2) is 4.99 Å². The Kier molecular flexibility index (Phi) is 2.71. The Morgan fingerprint density at radius 2 is 1.91 bits per heavy atom. The zero-order valence-corrected chi connectivity index (χ0v) is 12.3. The third-order valence-electron chi connectivity index (χ3n) is 4.47. The molecule has 4 rings (SSSR count). The summed E-state index contributed by atoms with van der Waals surface area (Å²) in [5.74, 6) is 0.208. The molecule has 4 nitrogen and oxygen atoms in total. The molecule has 2 aliphatic heterocycles. The van der Waals surface area contributed by atoms with Crippen LogP contribution in [0.2, 0.25) is 0 Å².